The second-order valence-corrected chi connectivity index (χ2v) is 11.2. The van der Waals surface area contributed by atoms with E-state index in [-0.39, 0.29) is 11.9 Å². The molecule has 0 saturated carbocycles. The highest BCUT2D eigenvalue weighted by molar-refractivity contribution is 8.18. The van der Waals surface area contributed by atoms with Crippen LogP contribution in [0.3, 0.4) is 0 Å². The van der Waals surface area contributed by atoms with Crippen LogP contribution < -0.4 is 4.90 Å². The fourth-order valence-corrected chi connectivity index (χ4v) is 6.23. The Hall–Kier alpha value is -3.87. The molecule has 7 heteroatoms. The zero-order valence-corrected chi connectivity index (χ0v) is 24.0. The number of carbonyl (C=O) groups is 1. The Morgan fingerprint density at radius 3 is 2.40 bits per heavy atom. The minimum Gasteiger partial charge on any atom is -0.372 e. The molecule has 0 aliphatic carbocycles. The van der Waals surface area contributed by atoms with Crippen LogP contribution in [0.15, 0.2) is 106 Å². The van der Waals surface area contributed by atoms with E-state index in [1.807, 2.05) is 47.5 Å². The molecular weight excluding hydrogens is 536 g/mol. The first-order valence-electron chi connectivity index (χ1n) is 13.5. The first-order chi connectivity index (χ1) is 19.5. The number of hydrogen-bond acceptors (Lipinski definition) is 5. The summed E-state index contributed by atoms with van der Waals surface area (Å²) in [6, 6.07) is 30.8. The molecule has 2 aliphatic heterocycles. The molecular formula is C33H29ClN4OS. The first-order valence-corrected chi connectivity index (χ1v) is 14.7. The van der Waals surface area contributed by atoms with Crippen LogP contribution in [0.5, 0.6) is 0 Å². The highest BCUT2D eigenvalue weighted by Crippen LogP contribution is 2.40. The van der Waals surface area contributed by atoms with E-state index >= 15 is 0 Å². The van der Waals surface area contributed by atoms with E-state index in [2.05, 4.69) is 78.3 Å². The SMILES string of the molecule is CCN(CC)c1ccc(/C=C2\SC(N3N=C(c4ccc5ccccc5c4)CC3c3ccc(Cl)cc3)=NC2=O)cc1. The predicted octanol–water partition coefficient (Wildman–Crippen LogP) is 8.16. The summed E-state index contributed by atoms with van der Waals surface area (Å²) in [7, 11) is 0. The van der Waals surface area contributed by atoms with Gasteiger partial charge in [-0.3, -0.25) is 4.79 Å². The van der Waals surface area contributed by atoms with Crippen molar-refractivity contribution in [2.24, 2.45) is 10.1 Å². The van der Waals surface area contributed by atoms with Crippen molar-refractivity contribution in [1.82, 2.24) is 5.01 Å². The molecule has 2 aliphatic rings. The number of hydrazone groups is 1. The minimum atomic E-state index is -0.239. The number of rotatable bonds is 6. The van der Waals surface area contributed by atoms with Crippen molar-refractivity contribution in [2.45, 2.75) is 26.3 Å². The van der Waals surface area contributed by atoms with Gasteiger partial charge in [0.2, 0.25) is 0 Å². The molecule has 5 nitrogen and oxygen atoms in total. The molecule has 4 aromatic rings. The van der Waals surface area contributed by atoms with Crippen LogP contribution in [0.25, 0.3) is 16.8 Å². The van der Waals surface area contributed by atoms with E-state index in [1.165, 1.54) is 28.2 Å². The predicted molar refractivity (Wildman–Crippen MR) is 169 cm³/mol. The average Bonchev–Trinajstić information content (AvgIpc) is 3.58. The number of carbonyl (C=O) groups excluding carboxylic acids is 1. The van der Waals surface area contributed by atoms with Crippen LogP contribution in [0.2, 0.25) is 5.02 Å². The number of benzene rings is 4. The number of thioether (sulfide) groups is 1. The van der Waals surface area contributed by atoms with Gasteiger partial charge in [-0.2, -0.15) is 10.1 Å². The Bertz CT molecular complexity index is 1660. The molecule has 1 unspecified atom stereocenters. The molecule has 0 spiro atoms. The fourth-order valence-electron chi connectivity index (χ4n) is 5.19. The number of hydrogen-bond donors (Lipinski definition) is 0. The lowest BCUT2D eigenvalue weighted by Crippen LogP contribution is -2.23. The molecule has 0 N–H and O–H groups in total. The monoisotopic (exact) mass is 564 g/mol. The molecule has 1 amide bonds. The summed E-state index contributed by atoms with van der Waals surface area (Å²) in [5, 5.41) is 10.6. The number of fused-ring (bicyclic) bond motifs is 1. The van der Waals surface area contributed by atoms with Gasteiger partial charge >= 0.3 is 0 Å². The van der Waals surface area contributed by atoms with Gasteiger partial charge in [0.05, 0.1) is 16.7 Å². The summed E-state index contributed by atoms with van der Waals surface area (Å²) in [6.45, 7) is 6.20. The molecule has 0 radical (unpaired) electrons. The lowest BCUT2D eigenvalue weighted by Gasteiger charge is -2.22. The molecule has 2 heterocycles. The number of amides is 1. The maximum absolute atomic E-state index is 13.0. The van der Waals surface area contributed by atoms with E-state index < -0.39 is 0 Å². The summed E-state index contributed by atoms with van der Waals surface area (Å²) in [5.74, 6) is -0.239. The minimum absolute atomic E-state index is 0.0921. The van der Waals surface area contributed by atoms with Gasteiger partial charge in [-0.05, 0) is 89.5 Å². The zero-order chi connectivity index (χ0) is 27.6. The standard InChI is InChI=1S/C33H29ClN4OS/c1-3-37(4-2)28-17-9-22(10-18-28)19-31-32(39)35-33(40-31)38-30(24-13-15-27(34)16-14-24)21-29(36-38)26-12-11-23-7-5-6-8-25(23)20-26/h5-20,30H,3-4,21H2,1-2H3/b31-19-. The second-order valence-electron chi connectivity index (χ2n) is 9.80. The van der Waals surface area contributed by atoms with Gasteiger partial charge in [-0.15, -0.1) is 0 Å². The molecule has 6 rings (SSSR count). The van der Waals surface area contributed by atoms with Crippen LogP contribution in [-0.2, 0) is 4.79 Å². The summed E-state index contributed by atoms with van der Waals surface area (Å²) in [5.41, 5.74) is 5.25. The summed E-state index contributed by atoms with van der Waals surface area (Å²) in [6.07, 6.45) is 2.61. The highest BCUT2D eigenvalue weighted by Gasteiger charge is 2.36. The van der Waals surface area contributed by atoms with E-state index in [1.54, 1.807) is 0 Å². The lowest BCUT2D eigenvalue weighted by molar-refractivity contribution is -0.113. The largest absolute Gasteiger partial charge is 0.372 e. The Kier molecular flexibility index (Phi) is 7.46. The van der Waals surface area contributed by atoms with Gasteiger partial charge in [-0.1, -0.05) is 72.3 Å². The molecule has 200 valence electrons. The highest BCUT2D eigenvalue weighted by atomic mass is 35.5. The number of nitrogens with zero attached hydrogens (tertiary/aromatic N) is 4. The van der Waals surface area contributed by atoms with Crippen molar-refractivity contribution < 1.29 is 4.79 Å². The third kappa shape index (κ3) is 5.29. The van der Waals surface area contributed by atoms with Crippen LogP contribution in [0.1, 0.15) is 43.0 Å². The van der Waals surface area contributed by atoms with Gasteiger partial charge in [-0.25, -0.2) is 5.01 Å². The maximum Gasteiger partial charge on any atom is 0.286 e. The average molecular weight is 565 g/mol. The van der Waals surface area contributed by atoms with Crippen LogP contribution in [0.4, 0.5) is 5.69 Å². The van der Waals surface area contributed by atoms with Crippen molar-refractivity contribution in [3.05, 3.63) is 118 Å². The van der Waals surface area contributed by atoms with Gasteiger partial charge in [0, 0.05) is 30.2 Å². The summed E-state index contributed by atoms with van der Waals surface area (Å²) >= 11 is 7.57. The molecule has 4 aromatic carbocycles. The fraction of sp³-hybridized carbons (Fsp3) is 0.182. The molecule has 1 atom stereocenters. The molecule has 40 heavy (non-hydrogen) atoms. The molecule has 0 saturated heterocycles. The Balaban J connectivity index is 1.30. The first kappa shape index (κ1) is 26.4. The van der Waals surface area contributed by atoms with E-state index in [0.29, 0.717) is 21.5 Å². The van der Waals surface area contributed by atoms with Crippen molar-refractivity contribution in [3.63, 3.8) is 0 Å². The third-order valence-corrected chi connectivity index (χ3v) is 8.60. The van der Waals surface area contributed by atoms with Crippen molar-refractivity contribution in [2.75, 3.05) is 18.0 Å². The van der Waals surface area contributed by atoms with Gasteiger partial charge in [0.25, 0.3) is 5.91 Å². The number of amidine groups is 1. The summed E-state index contributed by atoms with van der Waals surface area (Å²) < 4.78 is 0. The van der Waals surface area contributed by atoms with E-state index in [0.717, 1.165) is 35.5 Å². The smallest absolute Gasteiger partial charge is 0.286 e. The van der Waals surface area contributed by atoms with Gasteiger partial charge < -0.3 is 4.90 Å². The van der Waals surface area contributed by atoms with Crippen LogP contribution in [0, 0.1) is 0 Å². The topological polar surface area (TPSA) is 48.3 Å². The lowest BCUT2D eigenvalue weighted by atomic mass is 9.97. The van der Waals surface area contributed by atoms with Crippen molar-refractivity contribution in [1.29, 1.82) is 0 Å². The molecule has 0 bridgehead atoms. The quantitative estimate of drug-likeness (QED) is 0.222. The van der Waals surface area contributed by atoms with E-state index in [9.17, 15) is 4.79 Å². The van der Waals surface area contributed by atoms with Gasteiger partial charge in [0.1, 0.15) is 0 Å². The van der Waals surface area contributed by atoms with Crippen LogP contribution in [-0.4, -0.2) is 34.9 Å². The van der Waals surface area contributed by atoms with E-state index in [4.69, 9.17) is 16.7 Å². The van der Waals surface area contributed by atoms with Gasteiger partial charge in [0.15, 0.2) is 5.17 Å². The maximum atomic E-state index is 13.0. The van der Waals surface area contributed by atoms with Crippen molar-refractivity contribution >= 4 is 62.7 Å². The molecule has 0 aromatic heterocycles. The Morgan fingerprint density at radius 1 is 0.950 bits per heavy atom. The second kappa shape index (κ2) is 11.3. The number of anilines is 1. The number of aliphatic imine (C=N–C) groups is 1. The Morgan fingerprint density at radius 2 is 1.68 bits per heavy atom. The van der Waals surface area contributed by atoms with Crippen LogP contribution >= 0.6 is 23.4 Å². The third-order valence-electron chi connectivity index (χ3n) is 7.37. The Labute approximate surface area is 243 Å². The zero-order valence-electron chi connectivity index (χ0n) is 22.4. The van der Waals surface area contributed by atoms with Crippen molar-refractivity contribution in [3.8, 4) is 0 Å². The number of halogens is 1. The normalized spacial score (nSPS) is 18.0. The molecule has 0 fully saturated rings. The summed E-state index contributed by atoms with van der Waals surface area (Å²) in [4.78, 5) is 20.4.